The van der Waals surface area contributed by atoms with Gasteiger partial charge in [0.05, 0.1) is 23.4 Å². The van der Waals surface area contributed by atoms with E-state index >= 15 is 0 Å². The Bertz CT molecular complexity index is 467. The summed E-state index contributed by atoms with van der Waals surface area (Å²) in [5, 5.41) is 2.87. The summed E-state index contributed by atoms with van der Waals surface area (Å²) in [6.45, 7) is 0. The van der Waals surface area contributed by atoms with Gasteiger partial charge in [0.1, 0.15) is 5.82 Å². The Hall–Kier alpha value is -1.66. The van der Waals surface area contributed by atoms with Crippen molar-refractivity contribution in [1.82, 2.24) is 5.32 Å². The van der Waals surface area contributed by atoms with Crippen LogP contribution in [0.2, 0.25) is 0 Å². The molecule has 0 radical (unpaired) electrons. The van der Waals surface area contributed by atoms with Crippen molar-refractivity contribution in [2.24, 2.45) is 5.84 Å². The Morgan fingerprint density at radius 3 is 2.95 bits per heavy atom. The summed E-state index contributed by atoms with van der Waals surface area (Å²) in [7, 11) is 1.63. The van der Waals surface area contributed by atoms with E-state index in [1.807, 2.05) is 0 Å². The second-order valence-electron chi connectivity index (χ2n) is 4.59. The number of para-hydroxylation sites is 1. The summed E-state index contributed by atoms with van der Waals surface area (Å²) in [6.07, 6.45) is 2.82. The number of ether oxygens (including phenoxy) is 1. The lowest BCUT2D eigenvalue weighted by Crippen LogP contribution is -2.41. The van der Waals surface area contributed by atoms with E-state index in [1.165, 1.54) is 18.2 Å². The highest BCUT2D eigenvalue weighted by atomic mass is 19.1. The first-order valence-corrected chi connectivity index (χ1v) is 6.26. The van der Waals surface area contributed by atoms with Crippen molar-refractivity contribution in [2.75, 3.05) is 12.5 Å². The molecule has 1 aliphatic carbocycles. The molecule has 0 saturated heterocycles. The molecule has 1 fully saturated rings. The van der Waals surface area contributed by atoms with Crippen molar-refractivity contribution in [3.8, 4) is 0 Å². The van der Waals surface area contributed by atoms with Crippen molar-refractivity contribution in [1.29, 1.82) is 0 Å². The van der Waals surface area contributed by atoms with Crippen LogP contribution in [0.1, 0.15) is 29.6 Å². The number of hydrogen-bond acceptors (Lipinski definition) is 4. The third-order valence-corrected chi connectivity index (χ3v) is 3.47. The summed E-state index contributed by atoms with van der Waals surface area (Å²) < 4.78 is 18.8. The quantitative estimate of drug-likeness (QED) is 0.569. The predicted octanol–water partition coefficient (Wildman–Crippen LogP) is 1.41. The highest BCUT2D eigenvalue weighted by Crippen LogP contribution is 2.23. The van der Waals surface area contributed by atoms with Crippen molar-refractivity contribution in [2.45, 2.75) is 31.4 Å². The molecule has 0 bridgehead atoms. The largest absolute Gasteiger partial charge is 0.379 e. The van der Waals surface area contributed by atoms with Crippen LogP contribution in [0.5, 0.6) is 0 Å². The number of benzene rings is 1. The second-order valence-corrected chi connectivity index (χ2v) is 4.59. The second kappa shape index (κ2) is 5.99. The minimum atomic E-state index is -0.551. The molecule has 2 unspecified atom stereocenters. The summed E-state index contributed by atoms with van der Waals surface area (Å²) in [6, 6.07) is 4.23. The zero-order chi connectivity index (χ0) is 13.8. The fourth-order valence-corrected chi connectivity index (χ4v) is 2.48. The van der Waals surface area contributed by atoms with E-state index in [0.717, 1.165) is 19.3 Å². The van der Waals surface area contributed by atoms with Crippen LogP contribution >= 0.6 is 0 Å². The van der Waals surface area contributed by atoms with Gasteiger partial charge in [-0.1, -0.05) is 6.07 Å². The van der Waals surface area contributed by atoms with Crippen LogP contribution in [0.15, 0.2) is 18.2 Å². The summed E-state index contributed by atoms with van der Waals surface area (Å²) in [5.74, 6) is 4.36. The predicted molar refractivity (Wildman–Crippen MR) is 70.1 cm³/mol. The lowest BCUT2D eigenvalue weighted by atomic mass is 10.1. The van der Waals surface area contributed by atoms with Crippen LogP contribution in [0.25, 0.3) is 0 Å². The third-order valence-electron chi connectivity index (χ3n) is 3.47. The molecular formula is C13H18FN3O2. The molecule has 0 heterocycles. The highest BCUT2D eigenvalue weighted by Gasteiger charge is 2.29. The molecule has 0 aromatic heterocycles. The number of nitrogen functional groups attached to an aromatic ring is 1. The van der Waals surface area contributed by atoms with Crippen molar-refractivity contribution >= 4 is 11.6 Å². The number of amides is 1. The van der Waals surface area contributed by atoms with Crippen LogP contribution in [-0.4, -0.2) is 25.2 Å². The standard InChI is InChI=1S/C13H18FN3O2/c1-19-11-7-3-6-10(11)16-13(18)8-4-2-5-9(14)12(8)17-15/h2,4-5,10-11,17H,3,6-7,15H2,1H3,(H,16,18). The van der Waals surface area contributed by atoms with E-state index in [4.69, 9.17) is 10.6 Å². The monoisotopic (exact) mass is 267 g/mol. The van der Waals surface area contributed by atoms with Gasteiger partial charge < -0.3 is 15.5 Å². The average Bonchev–Trinajstić information content (AvgIpc) is 2.85. The first-order valence-electron chi connectivity index (χ1n) is 6.26. The van der Waals surface area contributed by atoms with Crippen LogP contribution in [0, 0.1) is 5.82 Å². The highest BCUT2D eigenvalue weighted by molar-refractivity contribution is 5.99. The number of carbonyl (C=O) groups is 1. The summed E-state index contributed by atoms with van der Waals surface area (Å²) in [5.41, 5.74) is 2.43. The molecule has 0 spiro atoms. The molecule has 4 N–H and O–H groups in total. The number of anilines is 1. The molecule has 6 heteroatoms. The Morgan fingerprint density at radius 2 is 2.26 bits per heavy atom. The van der Waals surface area contributed by atoms with Crippen molar-refractivity contribution < 1.29 is 13.9 Å². The first kappa shape index (κ1) is 13.8. The molecule has 0 aliphatic heterocycles. The van der Waals surface area contributed by atoms with Gasteiger partial charge in [-0.05, 0) is 31.4 Å². The number of carbonyl (C=O) groups excluding carboxylic acids is 1. The van der Waals surface area contributed by atoms with Gasteiger partial charge in [-0.15, -0.1) is 0 Å². The smallest absolute Gasteiger partial charge is 0.253 e. The van der Waals surface area contributed by atoms with Gasteiger partial charge in [0.25, 0.3) is 5.91 Å². The zero-order valence-electron chi connectivity index (χ0n) is 10.8. The van der Waals surface area contributed by atoms with Gasteiger partial charge in [-0.3, -0.25) is 10.6 Å². The maximum absolute atomic E-state index is 13.5. The van der Waals surface area contributed by atoms with E-state index in [0.29, 0.717) is 0 Å². The molecule has 1 saturated carbocycles. The van der Waals surface area contributed by atoms with E-state index in [1.54, 1.807) is 7.11 Å². The molecule has 1 aromatic rings. The minimum absolute atomic E-state index is 0.00645. The maximum Gasteiger partial charge on any atom is 0.253 e. The molecule has 104 valence electrons. The lowest BCUT2D eigenvalue weighted by molar-refractivity contribution is 0.0722. The number of hydrazine groups is 1. The number of hydrogen-bond donors (Lipinski definition) is 3. The Kier molecular flexibility index (Phi) is 4.34. The van der Waals surface area contributed by atoms with Gasteiger partial charge in [0.2, 0.25) is 0 Å². The number of methoxy groups -OCH3 is 1. The van der Waals surface area contributed by atoms with Crippen LogP contribution < -0.4 is 16.6 Å². The molecule has 19 heavy (non-hydrogen) atoms. The minimum Gasteiger partial charge on any atom is -0.379 e. The normalized spacial score (nSPS) is 22.3. The molecule has 2 rings (SSSR count). The van der Waals surface area contributed by atoms with E-state index in [9.17, 15) is 9.18 Å². The van der Waals surface area contributed by atoms with E-state index in [2.05, 4.69) is 10.7 Å². The third kappa shape index (κ3) is 2.85. The van der Waals surface area contributed by atoms with E-state index in [-0.39, 0.29) is 29.3 Å². The molecule has 1 aliphatic rings. The molecule has 1 amide bonds. The topological polar surface area (TPSA) is 76.4 Å². The lowest BCUT2D eigenvalue weighted by Gasteiger charge is -2.20. The number of nitrogens with one attached hydrogen (secondary N) is 2. The summed E-state index contributed by atoms with van der Waals surface area (Å²) in [4.78, 5) is 12.2. The van der Waals surface area contributed by atoms with E-state index < -0.39 is 5.82 Å². The van der Waals surface area contributed by atoms with Crippen molar-refractivity contribution in [3.05, 3.63) is 29.6 Å². The maximum atomic E-state index is 13.5. The Morgan fingerprint density at radius 1 is 1.47 bits per heavy atom. The van der Waals surface area contributed by atoms with Gasteiger partial charge in [-0.25, -0.2) is 4.39 Å². The Labute approximate surface area is 111 Å². The molecule has 5 nitrogen and oxygen atoms in total. The van der Waals surface area contributed by atoms with Crippen LogP contribution in [-0.2, 0) is 4.74 Å². The molecule has 2 atom stereocenters. The zero-order valence-corrected chi connectivity index (χ0v) is 10.8. The molecular weight excluding hydrogens is 249 g/mol. The van der Waals surface area contributed by atoms with Gasteiger partial charge in [0, 0.05) is 7.11 Å². The Balaban J connectivity index is 2.14. The average molecular weight is 267 g/mol. The molecule has 1 aromatic carbocycles. The van der Waals surface area contributed by atoms with Gasteiger partial charge in [-0.2, -0.15) is 0 Å². The summed E-state index contributed by atoms with van der Waals surface area (Å²) >= 11 is 0. The number of rotatable bonds is 4. The fourth-order valence-electron chi connectivity index (χ4n) is 2.48. The number of halogens is 1. The van der Waals surface area contributed by atoms with Crippen LogP contribution in [0.3, 0.4) is 0 Å². The fraction of sp³-hybridized carbons (Fsp3) is 0.462. The SMILES string of the molecule is COC1CCCC1NC(=O)c1cccc(F)c1NN. The first-order chi connectivity index (χ1) is 9.17. The van der Waals surface area contributed by atoms with Gasteiger partial charge in [0.15, 0.2) is 0 Å². The number of nitrogens with two attached hydrogens (primary N) is 1. The van der Waals surface area contributed by atoms with Crippen molar-refractivity contribution in [3.63, 3.8) is 0 Å². The van der Waals surface area contributed by atoms with Gasteiger partial charge >= 0.3 is 0 Å². The van der Waals surface area contributed by atoms with Crippen LogP contribution in [0.4, 0.5) is 10.1 Å².